The molecule has 4 rings (SSSR count). The largest absolute Gasteiger partial charge is 0.351 e. The van der Waals surface area contributed by atoms with Gasteiger partial charge in [0, 0.05) is 18.8 Å². The summed E-state index contributed by atoms with van der Waals surface area (Å²) in [5.41, 5.74) is 2.88. The molecule has 0 unspecified atom stereocenters. The number of anilines is 2. The summed E-state index contributed by atoms with van der Waals surface area (Å²) in [6.45, 7) is 3.27. The number of nitrogens with zero attached hydrogens (tertiary/aromatic N) is 3. The summed E-state index contributed by atoms with van der Waals surface area (Å²) in [5.74, 6) is 1.79. The molecule has 4 heteroatoms. The maximum absolute atomic E-state index is 4.70. The van der Waals surface area contributed by atoms with Crippen molar-refractivity contribution in [3.8, 4) is 0 Å². The lowest BCUT2D eigenvalue weighted by Crippen LogP contribution is -2.34. The highest BCUT2D eigenvalue weighted by molar-refractivity contribution is 5.49. The fourth-order valence-electron chi connectivity index (χ4n) is 3.07. The molecule has 1 saturated carbocycles. The molecule has 1 aliphatic carbocycles. The Hall–Kier alpha value is -2.10. The minimum absolute atomic E-state index is 0.360. The second-order valence-electron chi connectivity index (χ2n) is 5.98. The average Bonchev–Trinajstić information content (AvgIpc) is 3.32. The van der Waals surface area contributed by atoms with Crippen LogP contribution in [0.3, 0.4) is 0 Å². The average molecular weight is 280 g/mol. The van der Waals surface area contributed by atoms with Crippen LogP contribution >= 0.6 is 0 Å². The zero-order valence-corrected chi connectivity index (χ0v) is 12.3. The van der Waals surface area contributed by atoms with Crippen molar-refractivity contribution in [2.75, 3.05) is 16.8 Å². The van der Waals surface area contributed by atoms with E-state index in [9.17, 15) is 0 Å². The molecule has 0 bridgehead atoms. The Balaban J connectivity index is 1.61. The molecule has 1 aromatic carbocycles. The van der Waals surface area contributed by atoms with Crippen LogP contribution in [0.15, 0.2) is 36.5 Å². The van der Waals surface area contributed by atoms with E-state index in [4.69, 9.17) is 4.98 Å². The molecule has 21 heavy (non-hydrogen) atoms. The monoisotopic (exact) mass is 280 g/mol. The van der Waals surface area contributed by atoms with Gasteiger partial charge in [0.15, 0.2) is 0 Å². The molecule has 4 nitrogen and oxygen atoms in total. The Bertz CT molecular complexity index is 651. The normalized spacial score (nSPS) is 21.0. The van der Waals surface area contributed by atoms with Crippen LogP contribution in [-0.4, -0.2) is 22.6 Å². The van der Waals surface area contributed by atoms with Gasteiger partial charge in [-0.25, -0.2) is 4.98 Å². The molecule has 1 aliphatic heterocycles. The molecule has 2 aliphatic rings. The summed E-state index contributed by atoms with van der Waals surface area (Å²) in [5, 5.41) is 3.38. The second kappa shape index (κ2) is 5.02. The standard InChI is InChI=1S/C17H20N4/c1-12-15-5-3-2-4-13(15)9-11-21(12)16-8-10-18-17(20-16)19-14-6-7-14/h2-5,8,10,12,14H,6-7,9,11H2,1H3,(H,18,19,20)/t12-/m0/s1. The zero-order chi connectivity index (χ0) is 14.2. The predicted molar refractivity (Wildman–Crippen MR) is 84.6 cm³/mol. The second-order valence-corrected chi connectivity index (χ2v) is 5.98. The van der Waals surface area contributed by atoms with Crippen molar-refractivity contribution >= 4 is 11.8 Å². The lowest BCUT2D eigenvalue weighted by atomic mass is 9.94. The van der Waals surface area contributed by atoms with Crippen LogP contribution in [0.5, 0.6) is 0 Å². The number of aromatic nitrogens is 2. The molecule has 0 saturated heterocycles. The number of fused-ring (bicyclic) bond motifs is 1. The van der Waals surface area contributed by atoms with Gasteiger partial charge in [-0.3, -0.25) is 0 Å². The van der Waals surface area contributed by atoms with Crippen molar-refractivity contribution in [2.45, 2.75) is 38.3 Å². The van der Waals surface area contributed by atoms with Crippen LogP contribution in [-0.2, 0) is 6.42 Å². The van der Waals surface area contributed by atoms with Gasteiger partial charge in [-0.15, -0.1) is 0 Å². The molecule has 108 valence electrons. The number of benzene rings is 1. The van der Waals surface area contributed by atoms with Crippen LogP contribution in [0, 0.1) is 0 Å². The molecule has 1 N–H and O–H groups in total. The van der Waals surface area contributed by atoms with Gasteiger partial charge in [-0.1, -0.05) is 24.3 Å². The molecule has 2 aromatic rings. The van der Waals surface area contributed by atoms with E-state index in [1.165, 1.54) is 24.0 Å². The molecule has 1 aromatic heterocycles. The number of rotatable bonds is 3. The first kappa shape index (κ1) is 12.6. The summed E-state index contributed by atoms with van der Waals surface area (Å²) in [6.07, 6.45) is 5.42. The van der Waals surface area contributed by atoms with Crippen LogP contribution in [0.4, 0.5) is 11.8 Å². The highest BCUT2D eigenvalue weighted by atomic mass is 15.3. The Morgan fingerprint density at radius 1 is 1.19 bits per heavy atom. The fraction of sp³-hybridized carbons (Fsp3) is 0.412. The molecule has 0 spiro atoms. The summed E-state index contributed by atoms with van der Waals surface area (Å²) >= 11 is 0. The van der Waals surface area contributed by atoms with E-state index in [1.807, 2.05) is 12.3 Å². The Morgan fingerprint density at radius 2 is 2.05 bits per heavy atom. The number of hydrogen-bond donors (Lipinski definition) is 1. The lowest BCUT2D eigenvalue weighted by Gasteiger charge is -2.36. The zero-order valence-electron chi connectivity index (χ0n) is 12.3. The van der Waals surface area contributed by atoms with Crippen molar-refractivity contribution in [3.05, 3.63) is 47.7 Å². The third kappa shape index (κ3) is 2.46. The molecule has 2 heterocycles. The lowest BCUT2D eigenvalue weighted by molar-refractivity contribution is 0.616. The van der Waals surface area contributed by atoms with Gasteiger partial charge in [-0.2, -0.15) is 4.98 Å². The van der Waals surface area contributed by atoms with Gasteiger partial charge in [0.05, 0.1) is 6.04 Å². The van der Waals surface area contributed by atoms with Gasteiger partial charge in [0.2, 0.25) is 5.95 Å². The van der Waals surface area contributed by atoms with Crippen LogP contribution in [0.2, 0.25) is 0 Å². The Morgan fingerprint density at radius 3 is 2.90 bits per heavy atom. The van der Waals surface area contributed by atoms with Crippen molar-refractivity contribution in [2.24, 2.45) is 0 Å². The van der Waals surface area contributed by atoms with Gasteiger partial charge in [0.1, 0.15) is 5.82 Å². The van der Waals surface area contributed by atoms with Gasteiger partial charge < -0.3 is 10.2 Å². The highest BCUT2D eigenvalue weighted by Crippen LogP contribution is 2.32. The highest BCUT2D eigenvalue weighted by Gasteiger charge is 2.26. The van der Waals surface area contributed by atoms with Crippen LogP contribution in [0.25, 0.3) is 0 Å². The third-order valence-electron chi connectivity index (χ3n) is 4.44. The first-order valence-electron chi connectivity index (χ1n) is 7.75. The van der Waals surface area contributed by atoms with Gasteiger partial charge >= 0.3 is 0 Å². The minimum Gasteiger partial charge on any atom is -0.351 e. The Labute approximate surface area is 125 Å². The number of nitrogens with one attached hydrogen (secondary N) is 1. The van der Waals surface area contributed by atoms with Crippen molar-refractivity contribution < 1.29 is 0 Å². The molecule has 0 amide bonds. The first-order valence-corrected chi connectivity index (χ1v) is 7.75. The summed E-state index contributed by atoms with van der Waals surface area (Å²) in [4.78, 5) is 11.4. The van der Waals surface area contributed by atoms with Crippen LogP contribution < -0.4 is 10.2 Å². The maximum Gasteiger partial charge on any atom is 0.224 e. The van der Waals surface area contributed by atoms with E-state index in [0.29, 0.717) is 12.1 Å². The van der Waals surface area contributed by atoms with E-state index in [-0.39, 0.29) is 0 Å². The molecular formula is C17H20N4. The molecule has 0 radical (unpaired) electrons. The minimum atomic E-state index is 0.360. The van der Waals surface area contributed by atoms with Gasteiger partial charge in [-0.05, 0) is 43.4 Å². The van der Waals surface area contributed by atoms with E-state index in [0.717, 1.165) is 24.7 Å². The molecular weight excluding hydrogens is 260 g/mol. The van der Waals surface area contributed by atoms with E-state index < -0.39 is 0 Å². The van der Waals surface area contributed by atoms with E-state index in [1.54, 1.807) is 0 Å². The topological polar surface area (TPSA) is 41.1 Å². The fourth-order valence-corrected chi connectivity index (χ4v) is 3.07. The quantitative estimate of drug-likeness (QED) is 0.937. The smallest absolute Gasteiger partial charge is 0.224 e. The summed E-state index contributed by atoms with van der Waals surface area (Å²) in [7, 11) is 0. The molecule has 1 fully saturated rings. The predicted octanol–water partition coefficient (Wildman–Crippen LogP) is 3.17. The van der Waals surface area contributed by atoms with Crippen molar-refractivity contribution in [1.82, 2.24) is 9.97 Å². The van der Waals surface area contributed by atoms with E-state index in [2.05, 4.69) is 46.4 Å². The van der Waals surface area contributed by atoms with Crippen molar-refractivity contribution in [1.29, 1.82) is 0 Å². The van der Waals surface area contributed by atoms with Crippen LogP contribution in [0.1, 0.15) is 36.9 Å². The maximum atomic E-state index is 4.70. The Kier molecular flexibility index (Phi) is 3.02. The van der Waals surface area contributed by atoms with E-state index >= 15 is 0 Å². The third-order valence-corrected chi connectivity index (χ3v) is 4.44. The van der Waals surface area contributed by atoms with Gasteiger partial charge in [0.25, 0.3) is 0 Å². The first-order chi connectivity index (χ1) is 10.3. The summed E-state index contributed by atoms with van der Waals surface area (Å²) < 4.78 is 0. The van der Waals surface area contributed by atoms with Crippen molar-refractivity contribution in [3.63, 3.8) is 0 Å². The number of hydrogen-bond acceptors (Lipinski definition) is 4. The summed E-state index contributed by atoms with van der Waals surface area (Å²) in [6, 6.07) is 11.7. The SMILES string of the molecule is C[C@H]1c2ccccc2CCN1c1ccnc(NC2CC2)n1. The molecule has 1 atom stereocenters.